The third-order valence-corrected chi connectivity index (χ3v) is 3.60. The van der Waals surface area contributed by atoms with Gasteiger partial charge in [0.05, 0.1) is 0 Å². The topological polar surface area (TPSA) is 12.0 Å². The van der Waals surface area contributed by atoms with Crippen molar-refractivity contribution in [2.24, 2.45) is 0 Å². The highest BCUT2D eigenvalue weighted by Crippen LogP contribution is 2.24. The lowest BCUT2D eigenvalue weighted by Gasteiger charge is -2.18. The van der Waals surface area contributed by atoms with Crippen molar-refractivity contribution in [2.45, 2.75) is 45.1 Å². The fraction of sp³-hybridized carbons (Fsp3) is 0.500. The SMILES string of the molecule is C=CCCCCCC(NCC)c1cc(F)cc(Br)c1. The zero-order chi connectivity index (χ0) is 14.1. The summed E-state index contributed by atoms with van der Waals surface area (Å²) in [7, 11) is 0. The summed E-state index contributed by atoms with van der Waals surface area (Å²) in [5.41, 5.74) is 1.03. The Bertz CT molecular complexity index is 372. The van der Waals surface area contributed by atoms with Gasteiger partial charge in [-0.15, -0.1) is 6.58 Å². The van der Waals surface area contributed by atoms with E-state index in [0.29, 0.717) is 0 Å². The molecule has 1 aromatic carbocycles. The van der Waals surface area contributed by atoms with Crippen LogP contribution >= 0.6 is 15.9 Å². The van der Waals surface area contributed by atoms with Crippen LogP contribution in [0.2, 0.25) is 0 Å². The Labute approximate surface area is 124 Å². The van der Waals surface area contributed by atoms with E-state index in [2.05, 4.69) is 34.7 Å². The summed E-state index contributed by atoms with van der Waals surface area (Å²) in [6, 6.07) is 5.36. The van der Waals surface area contributed by atoms with Gasteiger partial charge in [-0.1, -0.05) is 41.8 Å². The lowest BCUT2D eigenvalue weighted by molar-refractivity contribution is 0.480. The quantitative estimate of drug-likeness (QED) is 0.474. The number of benzene rings is 1. The number of nitrogens with one attached hydrogen (secondary N) is 1. The second-order valence-electron chi connectivity index (χ2n) is 4.74. The first-order chi connectivity index (χ1) is 9.17. The minimum atomic E-state index is -0.182. The van der Waals surface area contributed by atoms with Gasteiger partial charge in [0.1, 0.15) is 5.82 Å². The van der Waals surface area contributed by atoms with Crippen LogP contribution in [0.3, 0.4) is 0 Å². The molecule has 1 nitrogen and oxygen atoms in total. The van der Waals surface area contributed by atoms with Crippen molar-refractivity contribution in [2.75, 3.05) is 6.54 Å². The van der Waals surface area contributed by atoms with Crippen LogP contribution in [0.1, 0.15) is 50.6 Å². The second kappa shape index (κ2) is 9.27. The first-order valence-corrected chi connectivity index (χ1v) is 7.77. The molecule has 0 radical (unpaired) electrons. The predicted octanol–water partition coefficient (Wildman–Crippen LogP) is 5.38. The van der Waals surface area contributed by atoms with E-state index < -0.39 is 0 Å². The van der Waals surface area contributed by atoms with E-state index in [-0.39, 0.29) is 11.9 Å². The zero-order valence-corrected chi connectivity index (χ0v) is 13.2. The molecule has 0 aromatic heterocycles. The van der Waals surface area contributed by atoms with Gasteiger partial charge in [0.15, 0.2) is 0 Å². The van der Waals surface area contributed by atoms with Gasteiger partial charge in [0, 0.05) is 10.5 Å². The number of halogens is 2. The van der Waals surface area contributed by atoms with E-state index in [1.54, 1.807) is 6.07 Å². The first kappa shape index (κ1) is 16.4. The van der Waals surface area contributed by atoms with Gasteiger partial charge < -0.3 is 5.32 Å². The minimum absolute atomic E-state index is 0.182. The standard InChI is InChI=1S/C16H23BrFN/c1-3-5-6-7-8-9-16(19-4-2)13-10-14(17)12-15(18)11-13/h3,10-12,16,19H,1,4-9H2,2H3. The van der Waals surface area contributed by atoms with Crippen LogP contribution in [0.15, 0.2) is 35.3 Å². The molecule has 0 amide bonds. The van der Waals surface area contributed by atoms with Gasteiger partial charge in [-0.3, -0.25) is 0 Å². The van der Waals surface area contributed by atoms with Crippen LogP contribution < -0.4 is 5.32 Å². The summed E-state index contributed by atoms with van der Waals surface area (Å²) in [6.45, 7) is 6.71. The van der Waals surface area contributed by atoms with Crippen LogP contribution in [0, 0.1) is 5.82 Å². The molecular weight excluding hydrogens is 305 g/mol. The molecule has 0 spiro atoms. The molecule has 3 heteroatoms. The van der Waals surface area contributed by atoms with E-state index in [1.165, 1.54) is 18.9 Å². The monoisotopic (exact) mass is 327 g/mol. The smallest absolute Gasteiger partial charge is 0.124 e. The molecule has 106 valence electrons. The minimum Gasteiger partial charge on any atom is -0.310 e. The number of rotatable bonds is 9. The maximum Gasteiger partial charge on any atom is 0.124 e. The predicted molar refractivity (Wildman–Crippen MR) is 83.8 cm³/mol. The molecular formula is C16H23BrFN. The molecule has 0 heterocycles. The third-order valence-electron chi connectivity index (χ3n) is 3.14. The summed E-state index contributed by atoms with van der Waals surface area (Å²) >= 11 is 3.36. The van der Waals surface area contributed by atoms with Crippen molar-refractivity contribution in [3.05, 3.63) is 46.7 Å². The van der Waals surface area contributed by atoms with Gasteiger partial charge >= 0.3 is 0 Å². The second-order valence-corrected chi connectivity index (χ2v) is 5.66. The molecule has 0 fully saturated rings. The van der Waals surface area contributed by atoms with Crippen LogP contribution in [-0.2, 0) is 0 Å². The van der Waals surface area contributed by atoms with Crippen LogP contribution in [-0.4, -0.2) is 6.54 Å². The molecule has 1 rings (SSSR count). The highest BCUT2D eigenvalue weighted by molar-refractivity contribution is 9.10. The van der Waals surface area contributed by atoms with E-state index in [1.807, 2.05) is 12.1 Å². The molecule has 1 unspecified atom stereocenters. The van der Waals surface area contributed by atoms with E-state index in [9.17, 15) is 4.39 Å². The molecule has 0 aliphatic rings. The Hall–Kier alpha value is -0.670. The van der Waals surface area contributed by atoms with E-state index in [0.717, 1.165) is 35.8 Å². The molecule has 1 aromatic rings. The van der Waals surface area contributed by atoms with Gasteiger partial charge in [-0.25, -0.2) is 4.39 Å². The number of allylic oxidation sites excluding steroid dienone is 1. The molecule has 0 aliphatic heterocycles. The van der Waals surface area contributed by atoms with Crippen LogP contribution in [0.25, 0.3) is 0 Å². The molecule has 1 atom stereocenters. The molecule has 0 aliphatic carbocycles. The third kappa shape index (κ3) is 6.35. The number of unbranched alkanes of at least 4 members (excludes halogenated alkanes) is 3. The average molecular weight is 328 g/mol. The van der Waals surface area contributed by atoms with Crippen molar-refractivity contribution in [1.82, 2.24) is 5.32 Å². The number of hydrogen-bond donors (Lipinski definition) is 1. The van der Waals surface area contributed by atoms with Crippen molar-refractivity contribution in [3.63, 3.8) is 0 Å². The van der Waals surface area contributed by atoms with Crippen molar-refractivity contribution < 1.29 is 4.39 Å². The largest absolute Gasteiger partial charge is 0.310 e. The Balaban J connectivity index is 2.57. The van der Waals surface area contributed by atoms with Crippen molar-refractivity contribution >= 4 is 15.9 Å². The first-order valence-electron chi connectivity index (χ1n) is 6.97. The molecule has 0 saturated carbocycles. The summed E-state index contributed by atoms with van der Waals surface area (Å²) in [5.74, 6) is -0.182. The summed E-state index contributed by atoms with van der Waals surface area (Å²) in [6.07, 6.45) is 7.63. The molecule has 19 heavy (non-hydrogen) atoms. The fourth-order valence-electron chi connectivity index (χ4n) is 2.22. The lowest BCUT2D eigenvalue weighted by atomic mass is 10.00. The summed E-state index contributed by atoms with van der Waals surface area (Å²) in [4.78, 5) is 0. The maximum absolute atomic E-state index is 13.4. The Morgan fingerprint density at radius 3 is 2.74 bits per heavy atom. The zero-order valence-electron chi connectivity index (χ0n) is 11.6. The Morgan fingerprint density at radius 2 is 2.11 bits per heavy atom. The molecule has 0 bridgehead atoms. The lowest BCUT2D eigenvalue weighted by Crippen LogP contribution is -2.21. The van der Waals surface area contributed by atoms with E-state index >= 15 is 0 Å². The highest BCUT2D eigenvalue weighted by Gasteiger charge is 2.11. The van der Waals surface area contributed by atoms with Crippen molar-refractivity contribution in [1.29, 1.82) is 0 Å². The van der Waals surface area contributed by atoms with Crippen LogP contribution in [0.5, 0.6) is 0 Å². The normalized spacial score (nSPS) is 12.4. The van der Waals surface area contributed by atoms with Crippen molar-refractivity contribution in [3.8, 4) is 0 Å². The van der Waals surface area contributed by atoms with Crippen LogP contribution in [0.4, 0.5) is 4.39 Å². The van der Waals surface area contributed by atoms with Gasteiger partial charge in [0.2, 0.25) is 0 Å². The maximum atomic E-state index is 13.4. The van der Waals surface area contributed by atoms with Gasteiger partial charge in [-0.2, -0.15) is 0 Å². The van der Waals surface area contributed by atoms with E-state index in [4.69, 9.17) is 0 Å². The fourth-order valence-corrected chi connectivity index (χ4v) is 2.71. The number of hydrogen-bond acceptors (Lipinski definition) is 1. The van der Waals surface area contributed by atoms with Gasteiger partial charge in [-0.05, 0) is 49.6 Å². The Kier molecular flexibility index (Phi) is 7.99. The molecule has 0 saturated heterocycles. The average Bonchev–Trinajstić information content (AvgIpc) is 2.36. The van der Waals surface area contributed by atoms with Gasteiger partial charge in [0.25, 0.3) is 0 Å². The summed E-state index contributed by atoms with van der Waals surface area (Å²) < 4.78 is 14.3. The molecule has 1 N–H and O–H groups in total. The summed E-state index contributed by atoms with van der Waals surface area (Å²) in [5, 5.41) is 3.44. The highest BCUT2D eigenvalue weighted by atomic mass is 79.9. The Morgan fingerprint density at radius 1 is 1.32 bits per heavy atom.